The third-order valence-corrected chi connectivity index (χ3v) is 5.99. The molecule has 4 aliphatic carbocycles. The van der Waals surface area contributed by atoms with E-state index in [1.165, 1.54) is 38.5 Å². The van der Waals surface area contributed by atoms with E-state index in [0.717, 1.165) is 29.9 Å². The summed E-state index contributed by atoms with van der Waals surface area (Å²) in [6, 6.07) is 0. The average Bonchev–Trinajstić information content (AvgIpc) is 2.24. The summed E-state index contributed by atoms with van der Waals surface area (Å²) in [7, 11) is 0. The second kappa shape index (κ2) is 4.10. The summed E-state index contributed by atoms with van der Waals surface area (Å²) in [5.74, 6) is 3.01. The summed E-state index contributed by atoms with van der Waals surface area (Å²) in [6.45, 7) is 11.4. The molecule has 4 saturated carbocycles. The van der Waals surface area contributed by atoms with Crippen molar-refractivity contribution in [1.29, 1.82) is 0 Å². The Morgan fingerprint density at radius 1 is 1.11 bits per heavy atom. The van der Waals surface area contributed by atoms with Gasteiger partial charge >= 0.3 is 0 Å². The summed E-state index contributed by atoms with van der Waals surface area (Å²) in [5, 5.41) is 0. The summed E-state index contributed by atoms with van der Waals surface area (Å²) >= 11 is 0. The average molecular weight is 248 g/mol. The van der Waals surface area contributed by atoms with Gasteiger partial charge in [0.1, 0.15) is 0 Å². The smallest absolute Gasteiger partial charge is 0.0687 e. The van der Waals surface area contributed by atoms with Crippen LogP contribution in [0.2, 0.25) is 0 Å². The largest absolute Gasteiger partial charge is 0.371 e. The topological polar surface area (TPSA) is 9.23 Å². The monoisotopic (exact) mass is 248 g/mol. The van der Waals surface area contributed by atoms with E-state index < -0.39 is 0 Å². The van der Waals surface area contributed by atoms with Gasteiger partial charge in [0, 0.05) is 0 Å². The van der Waals surface area contributed by atoms with Gasteiger partial charge in [-0.1, -0.05) is 12.2 Å². The summed E-state index contributed by atoms with van der Waals surface area (Å²) < 4.78 is 6.28. The lowest BCUT2D eigenvalue weighted by atomic mass is 9.46. The molecule has 4 bridgehead atoms. The minimum Gasteiger partial charge on any atom is -0.371 e. The van der Waals surface area contributed by atoms with Gasteiger partial charge in [0.25, 0.3) is 0 Å². The van der Waals surface area contributed by atoms with Crippen LogP contribution in [0, 0.1) is 23.2 Å². The molecule has 102 valence electrons. The number of hydrogen-bond donors (Lipinski definition) is 0. The zero-order valence-electron chi connectivity index (χ0n) is 12.3. The van der Waals surface area contributed by atoms with Crippen LogP contribution in [-0.4, -0.2) is 12.2 Å². The Hall–Kier alpha value is -0.300. The molecule has 1 nitrogen and oxygen atoms in total. The summed E-state index contributed by atoms with van der Waals surface area (Å²) in [5.41, 5.74) is 1.65. The van der Waals surface area contributed by atoms with Crippen LogP contribution < -0.4 is 0 Å². The van der Waals surface area contributed by atoms with Crippen LogP contribution in [0.4, 0.5) is 0 Å². The Balaban J connectivity index is 1.79. The molecule has 0 aromatic carbocycles. The van der Waals surface area contributed by atoms with E-state index >= 15 is 0 Å². The Morgan fingerprint density at radius 2 is 1.56 bits per heavy atom. The van der Waals surface area contributed by atoms with Gasteiger partial charge in [0.2, 0.25) is 0 Å². The predicted molar refractivity (Wildman–Crippen MR) is 75.5 cm³/mol. The van der Waals surface area contributed by atoms with E-state index in [2.05, 4.69) is 27.4 Å². The van der Waals surface area contributed by atoms with E-state index in [1.807, 2.05) is 0 Å². The molecule has 4 fully saturated rings. The van der Waals surface area contributed by atoms with Crippen molar-refractivity contribution >= 4 is 0 Å². The first-order valence-electron chi connectivity index (χ1n) is 7.68. The molecule has 18 heavy (non-hydrogen) atoms. The van der Waals surface area contributed by atoms with Crippen molar-refractivity contribution in [2.75, 3.05) is 6.61 Å². The predicted octanol–water partition coefficient (Wildman–Crippen LogP) is 4.57. The first-order chi connectivity index (χ1) is 8.40. The lowest BCUT2D eigenvalue weighted by molar-refractivity contribution is -0.184. The first kappa shape index (κ1) is 12.7. The van der Waals surface area contributed by atoms with Gasteiger partial charge in [-0.3, -0.25) is 0 Å². The number of ether oxygens (including phenoxy) is 1. The Labute approximate surface area is 112 Å². The molecule has 0 atom stereocenters. The van der Waals surface area contributed by atoms with Crippen molar-refractivity contribution in [2.45, 2.75) is 64.9 Å². The standard InChI is InChI=1S/C17H28O/c1-12(2)11-18-16(3,4)17-8-13-5-14(9-17)7-15(6-13)10-17/h13-15H,1,5-11H2,2-4H3. The van der Waals surface area contributed by atoms with Gasteiger partial charge in [-0.05, 0) is 82.5 Å². The third kappa shape index (κ3) is 1.95. The van der Waals surface area contributed by atoms with Gasteiger partial charge in [0.15, 0.2) is 0 Å². The SMILES string of the molecule is C=C(C)COC(C)(C)C12CC3CC(CC(C3)C1)C2. The Morgan fingerprint density at radius 3 is 1.94 bits per heavy atom. The molecule has 0 saturated heterocycles. The van der Waals surface area contributed by atoms with Crippen molar-refractivity contribution in [2.24, 2.45) is 23.2 Å². The van der Waals surface area contributed by atoms with Crippen LogP contribution in [0.15, 0.2) is 12.2 Å². The normalized spacial score (nSPS) is 42.3. The highest BCUT2D eigenvalue weighted by Gasteiger charge is 2.57. The maximum Gasteiger partial charge on any atom is 0.0687 e. The molecule has 1 heteroatoms. The van der Waals surface area contributed by atoms with Crippen LogP contribution >= 0.6 is 0 Å². The fraction of sp³-hybridized carbons (Fsp3) is 0.882. The molecule has 0 aromatic heterocycles. The molecule has 0 aliphatic heterocycles. The lowest BCUT2D eigenvalue weighted by Crippen LogP contribution is -2.57. The van der Waals surface area contributed by atoms with Crippen LogP contribution in [0.3, 0.4) is 0 Å². The Kier molecular flexibility index (Phi) is 2.89. The highest BCUT2D eigenvalue weighted by Crippen LogP contribution is 2.64. The molecule has 0 radical (unpaired) electrons. The highest BCUT2D eigenvalue weighted by molar-refractivity contribution is 5.08. The van der Waals surface area contributed by atoms with Gasteiger partial charge in [0.05, 0.1) is 12.2 Å². The van der Waals surface area contributed by atoms with E-state index in [-0.39, 0.29) is 5.60 Å². The van der Waals surface area contributed by atoms with Crippen molar-refractivity contribution in [3.63, 3.8) is 0 Å². The van der Waals surface area contributed by atoms with Gasteiger partial charge in [-0.25, -0.2) is 0 Å². The van der Waals surface area contributed by atoms with Gasteiger partial charge in [-0.2, -0.15) is 0 Å². The van der Waals surface area contributed by atoms with Crippen LogP contribution in [0.25, 0.3) is 0 Å². The number of hydrogen-bond acceptors (Lipinski definition) is 1. The van der Waals surface area contributed by atoms with E-state index in [1.54, 1.807) is 0 Å². The second-order valence-corrected chi connectivity index (χ2v) is 7.95. The molecular formula is C17H28O. The van der Waals surface area contributed by atoms with Gasteiger partial charge < -0.3 is 4.74 Å². The van der Waals surface area contributed by atoms with Crippen LogP contribution in [0.5, 0.6) is 0 Å². The molecule has 0 aromatic rings. The molecule has 0 amide bonds. The maximum atomic E-state index is 6.28. The molecule has 4 aliphatic rings. The molecular weight excluding hydrogens is 220 g/mol. The highest BCUT2D eigenvalue weighted by atomic mass is 16.5. The molecule has 0 heterocycles. The molecule has 0 spiro atoms. The Bertz CT molecular complexity index is 317. The molecule has 0 unspecified atom stereocenters. The zero-order valence-corrected chi connectivity index (χ0v) is 12.3. The second-order valence-electron chi connectivity index (χ2n) is 7.95. The zero-order chi connectivity index (χ0) is 13.0. The van der Waals surface area contributed by atoms with Crippen molar-refractivity contribution < 1.29 is 4.74 Å². The van der Waals surface area contributed by atoms with E-state index in [0.29, 0.717) is 5.41 Å². The molecule has 0 N–H and O–H groups in total. The van der Waals surface area contributed by atoms with Gasteiger partial charge in [-0.15, -0.1) is 0 Å². The van der Waals surface area contributed by atoms with Crippen LogP contribution in [-0.2, 0) is 4.74 Å². The fourth-order valence-corrected chi connectivity index (χ4v) is 5.30. The van der Waals surface area contributed by atoms with E-state index in [9.17, 15) is 0 Å². The van der Waals surface area contributed by atoms with Crippen molar-refractivity contribution in [3.05, 3.63) is 12.2 Å². The van der Waals surface area contributed by atoms with Crippen molar-refractivity contribution in [1.82, 2.24) is 0 Å². The quantitative estimate of drug-likeness (QED) is 0.662. The maximum absolute atomic E-state index is 6.28. The van der Waals surface area contributed by atoms with Crippen LogP contribution in [0.1, 0.15) is 59.3 Å². The summed E-state index contributed by atoms with van der Waals surface area (Å²) in [6.07, 6.45) is 8.79. The fourth-order valence-electron chi connectivity index (χ4n) is 5.30. The van der Waals surface area contributed by atoms with Crippen molar-refractivity contribution in [3.8, 4) is 0 Å². The molecule has 4 rings (SSSR count). The van der Waals surface area contributed by atoms with E-state index in [4.69, 9.17) is 4.74 Å². The minimum absolute atomic E-state index is 0.0297. The number of rotatable bonds is 4. The lowest BCUT2D eigenvalue weighted by Gasteiger charge is -2.62. The first-order valence-corrected chi connectivity index (χ1v) is 7.68. The summed E-state index contributed by atoms with van der Waals surface area (Å²) in [4.78, 5) is 0. The third-order valence-electron chi connectivity index (χ3n) is 5.99. The minimum atomic E-state index is 0.0297.